The smallest absolute Gasteiger partial charge is 0.338 e. The van der Waals surface area contributed by atoms with E-state index in [4.69, 9.17) is 9.51 Å². The molecule has 2 aromatic heterocycles. The van der Waals surface area contributed by atoms with Crippen molar-refractivity contribution in [1.82, 2.24) is 20.0 Å². The fourth-order valence-electron chi connectivity index (χ4n) is 3.84. The molecule has 1 fully saturated rings. The molecule has 0 N–H and O–H groups in total. The van der Waals surface area contributed by atoms with Gasteiger partial charge in [-0.05, 0) is 50.2 Å². The number of aromatic nitrogens is 3. The molecular formula is C22H19F3N4OS. The van der Waals surface area contributed by atoms with E-state index in [1.54, 1.807) is 11.3 Å². The van der Waals surface area contributed by atoms with Crippen molar-refractivity contribution in [3.8, 4) is 11.4 Å². The Balaban J connectivity index is 1.20. The number of likely N-dealkylation sites (tertiary alicyclic amines) is 1. The highest BCUT2D eigenvalue weighted by molar-refractivity contribution is 7.18. The van der Waals surface area contributed by atoms with Crippen molar-refractivity contribution in [2.24, 2.45) is 0 Å². The van der Waals surface area contributed by atoms with Crippen LogP contribution in [0.15, 0.2) is 53.1 Å². The summed E-state index contributed by atoms with van der Waals surface area (Å²) in [5.41, 5.74) is 0.861. The van der Waals surface area contributed by atoms with Gasteiger partial charge in [-0.2, -0.15) is 18.2 Å². The molecule has 31 heavy (non-hydrogen) atoms. The lowest BCUT2D eigenvalue weighted by Gasteiger charge is -2.29. The first-order chi connectivity index (χ1) is 15.0. The third kappa shape index (κ3) is 4.33. The maximum Gasteiger partial charge on any atom is 0.416 e. The van der Waals surface area contributed by atoms with Gasteiger partial charge in [-0.15, -0.1) is 11.3 Å². The van der Waals surface area contributed by atoms with Crippen molar-refractivity contribution in [2.75, 3.05) is 13.1 Å². The van der Waals surface area contributed by atoms with Crippen LogP contribution in [0.1, 0.15) is 35.2 Å². The van der Waals surface area contributed by atoms with Crippen molar-refractivity contribution >= 4 is 21.6 Å². The highest BCUT2D eigenvalue weighted by Crippen LogP contribution is 2.34. The minimum Gasteiger partial charge on any atom is -0.338 e. The third-order valence-corrected chi connectivity index (χ3v) is 6.74. The molecule has 0 spiro atoms. The Hall–Kier alpha value is -2.78. The standard InChI is InChI=1S/C22H19F3N4OS/c23-22(24,25)16-7-5-14(6-8-16)20-27-19(30-28-20)13-29-11-9-15(10-12-29)21-26-17-3-1-2-4-18(17)31-21/h1-8,15H,9-13H2. The Bertz CT molecular complexity index is 1140. The van der Waals surface area contributed by atoms with Crippen LogP contribution in [0, 0.1) is 0 Å². The first-order valence-electron chi connectivity index (χ1n) is 10.0. The minimum atomic E-state index is -4.36. The van der Waals surface area contributed by atoms with Crippen LogP contribution in [-0.2, 0) is 12.7 Å². The van der Waals surface area contributed by atoms with Crippen molar-refractivity contribution in [3.63, 3.8) is 0 Å². The third-order valence-electron chi connectivity index (χ3n) is 5.54. The fourth-order valence-corrected chi connectivity index (χ4v) is 4.98. The van der Waals surface area contributed by atoms with Crippen LogP contribution in [0.3, 0.4) is 0 Å². The molecule has 1 saturated heterocycles. The summed E-state index contributed by atoms with van der Waals surface area (Å²) in [5.74, 6) is 1.22. The maximum atomic E-state index is 12.7. The molecule has 1 aliphatic rings. The molecule has 0 bridgehead atoms. The monoisotopic (exact) mass is 444 g/mol. The fraction of sp³-hybridized carbons (Fsp3) is 0.318. The van der Waals surface area contributed by atoms with E-state index in [-0.39, 0.29) is 0 Å². The number of hydrogen-bond acceptors (Lipinski definition) is 6. The predicted octanol–water partition coefficient (Wildman–Crippen LogP) is 5.74. The number of para-hydroxylation sites is 1. The summed E-state index contributed by atoms with van der Waals surface area (Å²) in [5, 5.41) is 5.13. The molecule has 0 amide bonds. The number of thiazole rings is 1. The van der Waals surface area contributed by atoms with Gasteiger partial charge in [0.2, 0.25) is 11.7 Å². The molecule has 9 heteroatoms. The van der Waals surface area contributed by atoms with Gasteiger partial charge in [0, 0.05) is 11.5 Å². The van der Waals surface area contributed by atoms with Crippen LogP contribution < -0.4 is 0 Å². The van der Waals surface area contributed by atoms with Crippen LogP contribution >= 0.6 is 11.3 Å². The van der Waals surface area contributed by atoms with Gasteiger partial charge in [0.25, 0.3) is 0 Å². The lowest BCUT2D eigenvalue weighted by molar-refractivity contribution is -0.137. The average Bonchev–Trinajstić information content (AvgIpc) is 3.41. The highest BCUT2D eigenvalue weighted by atomic mass is 32.1. The maximum absolute atomic E-state index is 12.7. The SMILES string of the molecule is FC(F)(F)c1ccc(-c2noc(CN3CCC(c4nc5ccccc5s4)CC3)n2)cc1. The quantitative estimate of drug-likeness (QED) is 0.402. The minimum absolute atomic E-state index is 0.299. The Labute approximate surface area is 180 Å². The largest absolute Gasteiger partial charge is 0.416 e. The van der Waals surface area contributed by atoms with Crippen LogP contribution in [0.5, 0.6) is 0 Å². The topological polar surface area (TPSA) is 55.1 Å². The van der Waals surface area contributed by atoms with Gasteiger partial charge in [0.15, 0.2) is 0 Å². The summed E-state index contributed by atoms with van der Waals surface area (Å²) in [6.45, 7) is 2.33. The van der Waals surface area contributed by atoms with Crippen LogP contribution in [-0.4, -0.2) is 33.1 Å². The number of halogens is 3. The Morgan fingerprint density at radius 3 is 2.45 bits per heavy atom. The van der Waals surface area contributed by atoms with E-state index < -0.39 is 11.7 Å². The number of alkyl halides is 3. The number of hydrogen-bond donors (Lipinski definition) is 0. The molecule has 160 valence electrons. The van der Waals surface area contributed by atoms with Crippen LogP contribution in [0.25, 0.3) is 21.6 Å². The molecule has 0 atom stereocenters. The number of benzene rings is 2. The summed E-state index contributed by atoms with van der Waals surface area (Å²) in [4.78, 5) is 11.4. The van der Waals surface area contributed by atoms with E-state index in [1.165, 1.54) is 21.8 Å². The Morgan fingerprint density at radius 2 is 1.74 bits per heavy atom. The van der Waals surface area contributed by atoms with Crippen molar-refractivity contribution in [2.45, 2.75) is 31.5 Å². The van der Waals surface area contributed by atoms with Gasteiger partial charge in [-0.25, -0.2) is 4.98 Å². The van der Waals surface area contributed by atoms with E-state index in [1.807, 2.05) is 18.2 Å². The van der Waals surface area contributed by atoms with E-state index in [2.05, 4.69) is 21.1 Å². The van der Waals surface area contributed by atoms with Crippen molar-refractivity contribution < 1.29 is 17.7 Å². The first kappa shape index (κ1) is 20.1. The average molecular weight is 444 g/mol. The van der Waals surface area contributed by atoms with Crippen molar-refractivity contribution in [3.05, 3.63) is 65.0 Å². The lowest BCUT2D eigenvalue weighted by Crippen LogP contribution is -2.32. The van der Waals surface area contributed by atoms with Gasteiger partial charge in [-0.3, -0.25) is 4.90 Å². The molecule has 1 aliphatic heterocycles. The Kier molecular flexibility index (Phi) is 5.23. The number of nitrogens with zero attached hydrogens (tertiary/aromatic N) is 4. The number of fused-ring (bicyclic) bond motifs is 1. The summed E-state index contributed by atoms with van der Waals surface area (Å²) >= 11 is 1.77. The zero-order chi connectivity index (χ0) is 21.4. The second-order valence-electron chi connectivity index (χ2n) is 7.66. The highest BCUT2D eigenvalue weighted by Gasteiger charge is 2.30. The van der Waals surface area contributed by atoms with Crippen LogP contribution in [0.2, 0.25) is 0 Å². The molecule has 5 nitrogen and oxygen atoms in total. The van der Waals surface area contributed by atoms with E-state index >= 15 is 0 Å². The molecule has 0 saturated carbocycles. The zero-order valence-electron chi connectivity index (χ0n) is 16.5. The molecular weight excluding hydrogens is 425 g/mol. The summed E-state index contributed by atoms with van der Waals surface area (Å²) in [6.07, 6.45) is -2.34. The second-order valence-corrected chi connectivity index (χ2v) is 8.72. The van der Waals surface area contributed by atoms with Gasteiger partial charge in [0.05, 0.1) is 27.3 Å². The number of piperidine rings is 1. The Morgan fingerprint density at radius 1 is 1.00 bits per heavy atom. The van der Waals surface area contributed by atoms with Gasteiger partial charge >= 0.3 is 6.18 Å². The molecule has 0 radical (unpaired) electrons. The lowest BCUT2D eigenvalue weighted by atomic mass is 9.97. The van der Waals surface area contributed by atoms with E-state index in [9.17, 15) is 13.2 Å². The first-order valence-corrected chi connectivity index (χ1v) is 10.9. The normalized spacial score (nSPS) is 16.2. The second kappa shape index (κ2) is 8.05. The predicted molar refractivity (Wildman–Crippen MR) is 112 cm³/mol. The summed E-state index contributed by atoms with van der Waals surface area (Å²) < 4.78 is 44.7. The summed E-state index contributed by atoms with van der Waals surface area (Å²) in [6, 6.07) is 13.0. The van der Waals surface area contributed by atoms with E-state index in [0.29, 0.717) is 29.7 Å². The van der Waals surface area contributed by atoms with Crippen molar-refractivity contribution in [1.29, 1.82) is 0 Å². The molecule has 4 aromatic rings. The molecule has 2 aromatic carbocycles. The molecule has 3 heterocycles. The molecule has 5 rings (SSSR count). The molecule has 0 unspecified atom stereocenters. The van der Waals surface area contributed by atoms with Gasteiger partial charge in [0.1, 0.15) is 0 Å². The number of rotatable bonds is 4. The van der Waals surface area contributed by atoms with Gasteiger partial charge in [-0.1, -0.05) is 29.4 Å². The van der Waals surface area contributed by atoms with Crippen LogP contribution in [0.4, 0.5) is 13.2 Å². The zero-order valence-corrected chi connectivity index (χ0v) is 17.3. The summed E-state index contributed by atoms with van der Waals surface area (Å²) in [7, 11) is 0. The van der Waals surface area contributed by atoms with E-state index in [0.717, 1.165) is 43.6 Å². The molecule has 0 aliphatic carbocycles. The van der Waals surface area contributed by atoms with Gasteiger partial charge < -0.3 is 4.52 Å².